The summed E-state index contributed by atoms with van der Waals surface area (Å²) in [6, 6.07) is 22.8. The first-order valence-electron chi connectivity index (χ1n) is 8.09. The molecule has 4 aromatic rings. The van der Waals surface area contributed by atoms with Gasteiger partial charge in [-0.15, -0.1) is 0 Å². The van der Waals surface area contributed by atoms with Crippen LogP contribution in [0.25, 0.3) is 16.9 Å². The maximum Gasteiger partial charge on any atom is 0.143 e. The third-order valence-corrected chi connectivity index (χ3v) is 4.21. The van der Waals surface area contributed by atoms with Crippen LogP contribution in [0.2, 0.25) is 0 Å². The van der Waals surface area contributed by atoms with Crippen molar-refractivity contribution < 1.29 is 0 Å². The lowest BCUT2D eigenvalue weighted by atomic mass is 10.1. The summed E-state index contributed by atoms with van der Waals surface area (Å²) < 4.78 is 2.13. The molecule has 3 heteroatoms. The van der Waals surface area contributed by atoms with Gasteiger partial charge in [0.1, 0.15) is 17.2 Å². The average molecular weight is 313 g/mol. The van der Waals surface area contributed by atoms with E-state index in [1.165, 1.54) is 11.1 Å². The fraction of sp³-hybridized carbons (Fsp3) is 0.0952. The minimum atomic E-state index is 0.940. The van der Waals surface area contributed by atoms with Crippen LogP contribution in [0, 0.1) is 13.8 Å². The molecule has 0 atom stereocenters. The Morgan fingerprint density at radius 3 is 2.38 bits per heavy atom. The van der Waals surface area contributed by atoms with E-state index in [0.717, 1.165) is 28.4 Å². The lowest BCUT2D eigenvalue weighted by Crippen LogP contribution is -1.99. The summed E-state index contributed by atoms with van der Waals surface area (Å²) >= 11 is 0. The van der Waals surface area contributed by atoms with Crippen molar-refractivity contribution in [1.29, 1.82) is 0 Å². The molecule has 0 amide bonds. The number of hydrogen-bond donors (Lipinski definition) is 1. The Morgan fingerprint density at radius 2 is 1.58 bits per heavy atom. The smallest absolute Gasteiger partial charge is 0.143 e. The van der Waals surface area contributed by atoms with Crippen LogP contribution in [0.3, 0.4) is 0 Å². The molecule has 0 spiro atoms. The molecule has 0 aliphatic heterocycles. The Hall–Kier alpha value is -3.07. The second kappa shape index (κ2) is 5.85. The normalized spacial score (nSPS) is 10.9. The van der Waals surface area contributed by atoms with Gasteiger partial charge in [0.2, 0.25) is 0 Å². The molecule has 1 N–H and O–H groups in total. The molecule has 2 aromatic carbocycles. The fourth-order valence-corrected chi connectivity index (χ4v) is 2.91. The van der Waals surface area contributed by atoms with Crippen molar-refractivity contribution in [3.05, 3.63) is 84.1 Å². The van der Waals surface area contributed by atoms with E-state index in [1.807, 2.05) is 24.3 Å². The van der Waals surface area contributed by atoms with Crippen LogP contribution in [0.5, 0.6) is 0 Å². The van der Waals surface area contributed by atoms with Crippen LogP contribution in [0.4, 0.5) is 11.5 Å². The molecule has 0 unspecified atom stereocenters. The van der Waals surface area contributed by atoms with Gasteiger partial charge >= 0.3 is 0 Å². The highest BCUT2D eigenvalue weighted by atomic mass is 15.1. The standard InChI is InChI=1S/C21H19N3/c1-15-12-13-19-23-20(17-9-4-3-5-10-17)21(24(19)14-15)22-18-11-7-6-8-16(18)2/h3-14,22H,1-2H3. The number of pyridine rings is 1. The van der Waals surface area contributed by atoms with Crippen LogP contribution in [-0.2, 0) is 0 Å². The molecule has 4 rings (SSSR count). The summed E-state index contributed by atoms with van der Waals surface area (Å²) in [6.45, 7) is 4.21. The molecule has 24 heavy (non-hydrogen) atoms. The number of anilines is 2. The molecule has 2 aromatic heterocycles. The summed E-state index contributed by atoms with van der Waals surface area (Å²) in [5.41, 5.74) is 6.51. The molecule has 0 bridgehead atoms. The van der Waals surface area contributed by atoms with Crippen molar-refractivity contribution >= 4 is 17.2 Å². The quantitative estimate of drug-likeness (QED) is 0.551. The van der Waals surface area contributed by atoms with Crippen LogP contribution < -0.4 is 5.32 Å². The largest absolute Gasteiger partial charge is 0.339 e. The number of aryl methyl sites for hydroxylation is 2. The molecule has 2 heterocycles. The zero-order chi connectivity index (χ0) is 16.5. The van der Waals surface area contributed by atoms with Gasteiger partial charge in [0, 0.05) is 17.4 Å². The fourth-order valence-electron chi connectivity index (χ4n) is 2.91. The third-order valence-electron chi connectivity index (χ3n) is 4.21. The van der Waals surface area contributed by atoms with E-state index in [0.29, 0.717) is 0 Å². The number of imidazole rings is 1. The van der Waals surface area contributed by atoms with E-state index in [2.05, 4.69) is 72.2 Å². The van der Waals surface area contributed by atoms with Gasteiger partial charge in [-0.1, -0.05) is 54.6 Å². The summed E-state index contributed by atoms with van der Waals surface area (Å²) in [4.78, 5) is 4.85. The van der Waals surface area contributed by atoms with Gasteiger partial charge in [0.15, 0.2) is 0 Å². The monoisotopic (exact) mass is 313 g/mol. The number of rotatable bonds is 3. The number of fused-ring (bicyclic) bond motifs is 1. The molecular formula is C21H19N3. The maximum atomic E-state index is 4.85. The number of aromatic nitrogens is 2. The summed E-state index contributed by atoms with van der Waals surface area (Å²) in [5, 5.41) is 3.59. The zero-order valence-corrected chi connectivity index (χ0v) is 13.8. The van der Waals surface area contributed by atoms with Crippen LogP contribution in [0.15, 0.2) is 72.9 Å². The van der Waals surface area contributed by atoms with Gasteiger partial charge in [-0.05, 0) is 37.1 Å². The highest BCUT2D eigenvalue weighted by Crippen LogP contribution is 2.32. The summed E-state index contributed by atoms with van der Waals surface area (Å²) in [7, 11) is 0. The highest BCUT2D eigenvalue weighted by Gasteiger charge is 2.14. The maximum absolute atomic E-state index is 4.85. The van der Waals surface area contributed by atoms with Gasteiger partial charge in [-0.25, -0.2) is 4.98 Å². The second-order valence-corrected chi connectivity index (χ2v) is 6.05. The number of nitrogens with zero attached hydrogens (tertiary/aromatic N) is 2. The van der Waals surface area contributed by atoms with Gasteiger partial charge in [0.25, 0.3) is 0 Å². The van der Waals surface area contributed by atoms with Crippen molar-refractivity contribution in [3.8, 4) is 11.3 Å². The van der Waals surface area contributed by atoms with E-state index < -0.39 is 0 Å². The van der Waals surface area contributed by atoms with Crippen LogP contribution in [0.1, 0.15) is 11.1 Å². The number of hydrogen-bond acceptors (Lipinski definition) is 2. The van der Waals surface area contributed by atoms with E-state index in [9.17, 15) is 0 Å². The van der Waals surface area contributed by atoms with Crippen molar-refractivity contribution in [2.75, 3.05) is 5.32 Å². The van der Waals surface area contributed by atoms with Crippen molar-refractivity contribution in [1.82, 2.24) is 9.38 Å². The van der Waals surface area contributed by atoms with Crippen molar-refractivity contribution in [2.24, 2.45) is 0 Å². The predicted molar refractivity (Wildman–Crippen MR) is 99.8 cm³/mol. The Morgan fingerprint density at radius 1 is 0.833 bits per heavy atom. The Bertz CT molecular complexity index is 1000. The molecule has 0 fully saturated rings. The van der Waals surface area contributed by atoms with Gasteiger partial charge in [-0.2, -0.15) is 0 Å². The lowest BCUT2D eigenvalue weighted by molar-refractivity contribution is 1.15. The molecule has 0 saturated carbocycles. The first-order valence-corrected chi connectivity index (χ1v) is 8.09. The Labute approximate surface area is 141 Å². The third kappa shape index (κ3) is 2.54. The van der Waals surface area contributed by atoms with E-state index in [-0.39, 0.29) is 0 Å². The summed E-state index contributed by atoms with van der Waals surface area (Å²) in [6.07, 6.45) is 2.12. The van der Waals surface area contributed by atoms with Crippen molar-refractivity contribution in [3.63, 3.8) is 0 Å². The van der Waals surface area contributed by atoms with Crippen LogP contribution in [-0.4, -0.2) is 9.38 Å². The van der Waals surface area contributed by atoms with Crippen molar-refractivity contribution in [2.45, 2.75) is 13.8 Å². The second-order valence-electron chi connectivity index (χ2n) is 6.05. The highest BCUT2D eigenvalue weighted by molar-refractivity contribution is 5.80. The molecular weight excluding hydrogens is 294 g/mol. The molecule has 0 aliphatic carbocycles. The first-order chi connectivity index (χ1) is 11.7. The van der Waals surface area contributed by atoms with Gasteiger partial charge in [-0.3, -0.25) is 4.40 Å². The van der Waals surface area contributed by atoms with E-state index in [1.54, 1.807) is 0 Å². The first kappa shape index (κ1) is 14.5. The lowest BCUT2D eigenvalue weighted by Gasteiger charge is -2.11. The molecule has 3 nitrogen and oxygen atoms in total. The molecule has 0 radical (unpaired) electrons. The van der Waals surface area contributed by atoms with Gasteiger partial charge in [0.05, 0.1) is 0 Å². The van der Waals surface area contributed by atoms with E-state index in [4.69, 9.17) is 4.98 Å². The zero-order valence-electron chi connectivity index (χ0n) is 13.8. The van der Waals surface area contributed by atoms with E-state index >= 15 is 0 Å². The molecule has 0 saturated heterocycles. The Kier molecular flexibility index (Phi) is 3.54. The molecule has 0 aliphatic rings. The number of benzene rings is 2. The van der Waals surface area contributed by atoms with Crippen LogP contribution >= 0.6 is 0 Å². The topological polar surface area (TPSA) is 29.3 Å². The van der Waals surface area contributed by atoms with Gasteiger partial charge < -0.3 is 5.32 Å². The minimum absolute atomic E-state index is 0.940. The SMILES string of the molecule is Cc1ccc2nc(-c3ccccc3)c(Nc3ccccc3C)n2c1. The summed E-state index contributed by atoms with van der Waals surface area (Å²) in [5.74, 6) is 0.995. The minimum Gasteiger partial charge on any atom is -0.339 e. The predicted octanol–water partition coefficient (Wildman–Crippen LogP) is 5.36. The average Bonchev–Trinajstić information content (AvgIpc) is 2.96. The number of para-hydroxylation sites is 1. The molecule has 118 valence electrons. The number of nitrogens with one attached hydrogen (secondary N) is 1. The Balaban J connectivity index is 1.94.